The number of likely N-dealkylation sites (tertiary alicyclic amines) is 1. The van der Waals surface area contributed by atoms with E-state index in [2.05, 4.69) is 10.2 Å². The Balaban J connectivity index is 1.73. The lowest BCUT2D eigenvalue weighted by Crippen LogP contribution is -2.48. The molecule has 0 aliphatic carbocycles. The highest BCUT2D eigenvalue weighted by atomic mass is 32.2. The first-order valence-corrected chi connectivity index (χ1v) is 11.9. The molecular formula is C22H28FN3O3S. The summed E-state index contributed by atoms with van der Waals surface area (Å²) in [6.07, 6.45) is 3.37. The summed E-state index contributed by atoms with van der Waals surface area (Å²) in [4.78, 5) is 15.2. The van der Waals surface area contributed by atoms with Gasteiger partial charge in [0.2, 0.25) is 15.9 Å². The molecule has 1 unspecified atom stereocenters. The Morgan fingerprint density at radius 3 is 2.33 bits per heavy atom. The maximum atomic E-state index is 14.2. The van der Waals surface area contributed by atoms with Gasteiger partial charge in [0.15, 0.2) is 0 Å². The number of hydrogen-bond acceptors (Lipinski definition) is 4. The average Bonchev–Trinajstić information content (AvgIpc) is 3.21. The van der Waals surface area contributed by atoms with E-state index >= 15 is 0 Å². The molecule has 1 atom stereocenters. The number of anilines is 1. The average molecular weight is 434 g/mol. The van der Waals surface area contributed by atoms with Crippen LogP contribution in [0, 0.1) is 5.82 Å². The van der Waals surface area contributed by atoms with E-state index in [1.165, 1.54) is 44.0 Å². The van der Waals surface area contributed by atoms with Crippen molar-refractivity contribution in [2.75, 3.05) is 23.7 Å². The summed E-state index contributed by atoms with van der Waals surface area (Å²) in [7, 11) is -3.87. The molecule has 1 N–H and O–H groups in total. The molecule has 30 heavy (non-hydrogen) atoms. The molecule has 0 aromatic heterocycles. The number of nitrogens with one attached hydrogen (secondary N) is 1. The predicted octanol–water partition coefficient (Wildman–Crippen LogP) is 2.89. The Morgan fingerprint density at radius 2 is 1.70 bits per heavy atom. The van der Waals surface area contributed by atoms with Crippen molar-refractivity contribution in [2.24, 2.45) is 0 Å². The van der Waals surface area contributed by atoms with Crippen LogP contribution in [0.4, 0.5) is 10.1 Å². The van der Waals surface area contributed by atoms with Gasteiger partial charge in [-0.15, -0.1) is 0 Å². The normalized spacial score (nSPS) is 15.7. The van der Waals surface area contributed by atoms with Crippen LogP contribution in [0.2, 0.25) is 0 Å². The van der Waals surface area contributed by atoms with Gasteiger partial charge in [0.1, 0.15) is 11.9 Å². The van der Waals surface area contributed by atoms with E-state index in [9.17, 15) is 17.6 Å². The highest BCUT2D eigenvalue weighted by molar-refractivity contribution is 7.92. The molecule has 1 aliphatic rings. The van der Waals surface area contributed by atoms with Crippen LogP contribution < -0.4 is 9.62 Å². The maximum Gasteiger partial charge on any atom is 0.243 e. The van der Waals surface area contributed by atoms with Crippen molar-refractivity contribution in [3.8, 4) is 0 Å². The van der Waals surface area contributed by atoms with Gasteiger partial charge < -0.3 is 5.32 Å². The van der Waals surface area contributed by atoms with Gasteiger partial charge in [-0.05, 0) is 56.1 Å². The third-order valence-corrected chi connectivity index (χ3v) is 6.57. The second kappa shape index (κ2) is 9.57. The number of halogens is 1. The topological polar surface area (TPSA) is 69.7 Å². The molecule has 1 saturated heterocycles. The van der Waals surface area contributed by atoms with E-state index in [1.54, 1.807) is 0 Å². The van der Waals surface area contributed by atoms with Crippen molar-refractivity contribution in [3.05, 3.63) is 65.5 Å². The van der Waals surface area contributed by atoms with E-state index in [4.69, 9.17) is 0 Å². The van der Waals surface area contributed by atoms with Gasteiger partial charge in [-0.2, -0.15) is 0 Å². The molecule has 1 amide bonds. The summed E-state index contributed by atoms with van der Waals surface area (Å²) < 4.78 is 39.7. The number of nitrogens with zero attached hydrogens (tertiary/aromatic N) is 2. The standard InChI is InChI=1S/C22H28FN3O3S/c1-17(26(30(2,28)29)21-12-6-5-11-20(21)23)22(27)24-15-18-9-3-4-10-19(18)16-25-13-7-8-14-25/h3-6,9-12,17H,7-8,13-16H2,1-2H3,(H,24,27). The van der Waals surface area contributed by atoms with Gasteiger partial charge in [0.25, 0.3) is 0 Å². The molecule has 0 saturated carbocycles. The summed E-state index contributed by atoms with van der Waals surface area (Å²) in [6, 6.07) is 12.3. The lowest BCUT2D eigenvalue weighted by atomic mass is 10.1. The summed E-state index contributed by atoms with van der Waals surface area (Å²) in [5.41, 5.74) is 1.99. The zero-order valence-electron chi connectivity index (χ0n) is 17.3. The first kappa shape index (κ1) is 22.2. The van der Waals surface area contributed by atoms with Crippen LogP contribution in [-0.2, 0) is 27.9 Å². The van der Waals surface area contributed by atoms with Gasteiger partial charge >= 0.3 is 0 Å². The fourth-order valence-electron chi connectivity index (χ4n) is 3.81. The van der Waals surface area contributed by atoms with E-state index in [0.29, 0.717) is 0 Å². The molecule has 0 radical (unpaired) electrons. The van der Waals surface area contributed by atoms with Crippen LogP contribution in [0.15, 0.2) is 48.5 Å². The molecule has 6 nitrogen and oxygen atoms in total. The fraction of sp³-hybridized carbons (Fsp3) is 0.409. The van der Waals surface area contributed by atoms with E-state index in [1.807, 2.05) is 24.3 Å². The first-order valence-electron chi connectivity index (χ1n) is 10.1. The third-order valence-electron chi connectivity index (χ3n) is 5.34. The summed E-state index contributed by atoms with van der Waals surface area (Å²) in [6.45, 7) is 4.71. The van der Waals surface area contributed by atoms with E-state index in [-0.39, 0.29) is 12.2 Å². The summed E-state index contributed by atoms with van der Waals surface area (Å²) >= 11 is 0. The molecular weight excluding hydrogens is 405 g/mol. The molecule has 2 aromatic carbocycles. The van der Waals surface area contributed by atoms with Crippen LogP contribution >= 0.6 is 0 Å². The highest BCUT2D eigenvalue weighted by Gasteiger charge is 2.30. The Kier molecular flexibility index (Phi) is 7.10. The lowest BCUT2D eigenvalue weighted by molar-refractivity contribution is -0.122. The van der Waals surface area contributed by atoms with Gasteiger partial charge in [-0.3, -0.25) is 14.0 Å². The molecule has 1 heterocycles. The van der Waals surface area contributed by atoms with Crippen LogP contribution in [-0.4, -0.2) is 44.6 Å². The number of amides is 1. The van der Waals surface area contributed by atoms with Crippen molar-refractivity contribution < 1.29 is 17.6 Å². The molecule has 162 valence electrons. The van der Waals surface area contributed by atoms with Crippen molar-refractivity contribution >= 4 is 21.6 Å². The number of sulfonamides is 1. The number of hydrogen-bond donors (Lipinski definition) is 1. The second-order valence-corrected chi connectivity index (χ2v) is 9.52. The molecule has 0 bridgehead atoms. The van der Waals surface area contributed by atoms with Gasteiger partial charge in [-0.25, -0.2) is 12.8 Å². The third kappa shape index (κ3) is 5.37. The van der Waals surface area contributed by atoms with Crippen LogP contribution in [0.1, 0.15) is 30.9 Å². The molecule has 1 fully saturated rings. The van der Waals surface area contributed by atoms with Crippen molar-refractivity contribution in [3.63, 3.8) is 0 Å². The van der Waals surface area contributed by atoms with Gasteiger partial charge in [-0.1, -0.05) is 36.4 Å². The number of carbonyl (C=O) groups is 1. The Labute approximate surface area is 177 Å². The largest absolute Gasteiger partial charge is 0.350 e. The zero-order valence-corrected chi connectivity index (χ0v) is 18.2. The number of carbonyl (C=O) groups excluding carboxylic acids is 1. The Hall–Kier alpha value is -2.45. The first-order chi connectivity index (χ1) is 14.3. The quantitative estimate of drug-likeness (QED) is 0.695. The summed E-state index contributed by atoms with van der Waals surface area (Å²) in [5, 5.41) is 2.82. The maximum absolute atomic E-state index is 14.2. The minimum atomic E-state index is -3.87. The molecule has 1 aliphatic heterocycles. The lowest BCUT2D eigenvalue weighted by Gasteiger charge is -2.28. The monoisotopic (exact) mass is 433 g/mol. The van der Waals surface area contributed by atoms with Crippen LogP contribution in [0.25, 0.3) is 0 Å². The minimum absolute atomic E-state index is 0.142. The smallest absolute Gasteiger partial charge is 0.243 e. The van der Waals surface area contributed by atoms with Crippen molar-refractivity contribution in [2.45, 2.75) is 38.9 Å². The van der Waals surface area contributed by atoms with Crippen molar-refractivity contribution in [1.82, 2.24) is 10.2 Å². The second-order valence-electron chi connectivity index (χ2n) is 7.66. The fourth-order valence-corrected chi connectivity index (χ4v) is 4.98. The molecule has 0 spiro atoms. The molecule has 3 rings (SSSR count). The number of para-hydroxylation sites is 1. The number of rotatable bonds is 8. The Bertz CT molecular complexity index is 991. The number of benzene rings is 2. The minimum Gasteiger partial charge on any atom is -0.350 e. The van der Waals surface area contributed by atoms with Crippen molar-refractivity contribution in [1.29, 1.82) is 0 Å². The summed E-state index contributed by atoms with van der Waals surface area (Å²) in [5.74, 6) is -1.18. The predicted molar refractivity (Wildman–Crippen MR) is 116 cm³/mol. The van der Waals surface area contributed by atoms with Crippen LogP contribution in [0.3, 0.4) is 0 Å². The molecule has 2 aromatic rings. The SMILES string of the molecule is CC(C(=O)NCc1ccccc1CN1CCCC1)N(c1ccccc1F)S(C)(=O)=O. The van der Waals surface area contributed by atoms with Crippen LogP contribution in [0.5, 0.6) is 0 Å². The molecule has 8 heteroatoms. The van der Waals surface area contributed by atoms with E-state index in [0.717, 1.165) is 41.3 Å². The van der Waals surface area contributed by atoms with Gasteiger partial charge in [0, 0.05) is 13.1 Å². The zero-order chi connectivity index (χ0) is 21.7. The van der Waals surface area contributed by atoms with Gasteiger partial charge in [0.05, 0.1) is 11.9 Å². The van der Waals surface area contributed by atoms with E-state index < -0.39 is 27.8 Å². The highest BCUT2D eigenvalue weighted by Crippen LogP contribution is 2.24. The Morgan fingerprint density at radius 1 is 1.10 bits per heavy atom.